The van der Waals surface area contributed by atoms with Crippen molar-refractivity contribution in [3.8, 4) is 0 Å². The smallest absolute Gasteiger partial charge is 0.253 e. The lowest BCUT2D eigenvalue weighted by molar-refractivity contribution is 0.0935. The zero-order chi connectivity index (χ0) is 12.1. The van der Waals surface area contributed by atoms with Crippen LogP contribution in [0.15, 0.2) is 18.2 Å². The number of nitrogens with one attached hydrogen (secondary N) is 1. The van der Waals surface area contributed by atoms with Gasteiger partial charge in [-0.2, -0.15) is 0 Å². The van der Waals surface area contributed by atoms with E-state index in [-0.39, 0.29) is 18.6 Å². The molecule has 0 aliphatic heterocycles. The maximum Gasteiger partial charge on any atom is 0.253 e. The van der Waals surface area contributed by atoms with Gasteiger partial charge in [-0.05, 0) is 31.9 Å². The first kappa shape index (κ1) is 12.5. The highest BCUT2D eigenvalue weighted by Crippen LogP contribution is 2.16. The van der Waals surface area contributed by atoms with Crippen LogP contribution in [0.4, 0.5) is 5.69 Å². The minimum atomic E-state index is -0.192. The number of para-hydroxylation sites is 1. The SMILES string of the molecule is Cc1cccc(C(=O)NC(C)CCO)c1N. The lowest BCUT2D eigenvalue weighted by atomic mass is 10.1. The lowest BCUT2D eigenvalue weighted by Gasteiger charge is -2.14. The van der Waals surface area contributed by atoms with Gasteiger partial charge in [0.2, 0.25) is 0 Å². The molecule has 1 rings (SSSR count). The zero-order valence-corrected chi connectivity index (χ0v) is 9.66. The fourth-order valence-electron chi connectivity index (χ4n) is 1.45. The van der Waals surface area contributed by atoms with Crippen LogP contribution < -0.4 is 11.1 Å². The Kier molecular flexibility index (Phi) is 4.31. The van der Waals surface area contributed by atoms with Crippen molar-refractivity contribution >= 4 is 11.6 Å². The number of nitrogens with two attached hydrogens (primary N) is 1. The Labute approximate surface area is 95.5 Å². The van der Waals surface area contributed by atoms with Gasteiger partial charge in [-0.3, -0.25) is 4.79 Å². The largest absolute Gasteiger partial charge is 0.398 e. The minimum Gasteiger partial charge on any atom is -0.398 e. The number of aliphatic hydroxyl groups excluding tert-OH is 1. The van der Waals surface area contributed by atoms with Crippen molar-refractivity contribution in [2.45, 2.75) is 26.3 Å². The minimum absolute atomic E-state index is 0.0580. The predicted molar refractivity (Wildman–Crippen MR) is 64.2 cm³/mol. The molecule has 1 aromatic carbocycles. The Morgan fingerprint density at radius 1 is 1.56 bits per heavy atom. The third-order valence-corrected chi connectivity index (χ3v) is 2.51. The number of carbonyl (C=O) groups is 1. The lowest BCUT2D eigenvalue weighted by Crippen LogP contribution is -2.33. The van der Waals surface area contributed by atoms with Gasteiger partial charge in [-0.25, -0.2) is 0 Å². The average molecular weight is 222 g/mol. The highest BCUT2D eigenvalue weighted by Gasteiger charge is 2.12. The molecule has 4 N–H and O–H groups in total. The van der Waals surface area contributed by atoms with Crippen molar-refractivity contribution < 1.29 is 9.90 Å². The van der Waals surface area contributed by atoms with Crippen LogP contribution in [-0.2, 0) is 0 Å². The van der Waals surface area contributed by atoms with Crippen LogP contribution >= 0.6 is 0 Å². The Hall–Kier alpha value is -1.55. The summed E-state index contributed by atoms with van der Waals surface area (Å²) in [5.41, 5.74) is 7.72. The predicted octanol–water partition coefficient (Wildman–Crippen LogP) is 1.08. The summed E-state index contributed by atoms with van der Waals surface area (Å²) in [5.74, 6) is -0.192. The second kappa shape index (κ2) is 5.51. The van der Waals surface area contributed by atoms with Crippen molar-refractivity contribution in [1.29, 1.82) is 0 Å². The monoisotopic (exact) mass is 222 g/mol. The molecule has 1 aromatic rings. The number of hydrogen-bond acceptors (Lipinski definition) is 3. The molecule has 1 atom stereocenters. The first-order valence-corrected chi connectivity index (χ1v) is 5.33. The first-order valence-electron chi connectivity index (χ1n) is 5.33. The van der Waals surface area contributed by atoms with Crippen molar-refractivity contribution in [3.63, 3.8) is 0 Å². The topological polar surface area (TPSA) is 75.3 Å². The fourth-order valence-corrected chi connectivity index (χ4v) is 1.45. The van der Waals surface area contributed by atoms with Crippen molar-refractivity contribution in [2.24, 2.45) is 0 Å². The van der Waals surface area contributed by atoms with E-state index in [0.29, 0.717) is 17.7 Å². The summed E-state index contributed by atoms with van der Waals surface area (Å²) >= 11 is 0. The van der Waals surface area contributed by atoms with Crippen LogP contribution in [-0.4, -0.2) is 23.7 Å². The quantitative estimate of drug-likeness (QED) is 0.667. The van der Waals surface area contributed by atoms with Gasteiger partial charge in [0.1, 0.15) is 0 Å². The third kappa shape index (κ3) is 2.97. The molecule has 4 heteroatoms. The standard InChI is InChI=1S/C12H18N2O2/c1-8-4-3-5-10(11(8)13)12(16)14-9(2)6-7-15/h3-5,9,15H,6-7,13H2,1-2H3,(H,14,16). The van der Waals surface area contributed by atoms with E-state index < -0.39 is 0 Å². The van der Waals surface area contributed by atoms with Gasteiger partial charge in [0.25, 0.3) is 5.91 Å². The maximum absolute atomic E-state index is 11.8. The molecule has 0 radical (unpaired) electrons. The summed E-state index contributed by atoms with van der Waals surface area (Å²) in [5, 5.41) is 11.5. The highest BCUT2D eigenvalue weighted by atomic mass is 16.3. The Balaban J connectivity index is 2.77. The molecule has 1 amide bonds. The number of nitrogen functional groups attached to an aromatic ring is 1. The molecule has 0 spiro atoms. The Bertz CT molecular complexity index is 377. The molecule has 4 nitrogen and oxygen atoms in total. The number of rotatable bonds is 4. The Morgan fingerprint density at radius 3 is 2.88 bits per heavy atom. The van der Waals surface area contributed by atoms with Gasteiger partial charge >= 0.3 is 0 Å². The molecule has 0 bridgehead atoms. The Morgan fingerprint density at radius 2 is 2.25 bits per heavy atom. The van der Waals surface area contributed by atoms with E-state index in [2.05, 4.69) is 5.32 Å². The third-order valence-electron chi connectivity index (χ3n) is 2.51. The number of hydrogen-bond donors (Lipinski definition) is 3. The zero-order valence-electron chi connectivity index (χ0n) is 9.66. The molecule has 0 fully saturated rings. The molecule has 0 aliphatic rings. The van der Waals surface area contributed by atoms with E-state index >= 15 is 0 Å². The van der Waals surface area contributed by atoms with E-state index in [1.165, 1.54) is 0 Å². The van der Waals surface area contributed by atoms with Gasteiger partial charge < -0.3 is 16.2 Å². The molecule has 1 unspecified atom stereocenters. The summed E-state index contributed by atoms with van der Waals surface area (Å²) in [6.07, 6.45) is 0.539. The van der Waals surface area contributed by atoms with Crippen molar-refractivity contribution in [1.82, 2.24) is 5.32 Å². The number of aryl methyl sites for hydroxylation is 1. The molecule has 0 saturated heterocycles. The van der Waals surface area contributed by atoms with Crippen molar-refractivity contribution in [2.75, 3.05) is 12.3 Å². The van der Waals surface area contributed by atoms with E-state index in [1.54, 1.807) is 12.1 Å². The second-order valence-corrected chi connectivity index (χ2v) is 3.92. The number of benzene rings is 1. The number of carbonyl (C=O) groups excluding carboxylic acids is 1. The molecule has 16 heavy (non-hydrogen) atoms. The maximum atomic E-state index is 11.8. The summed E-state index contributed by atoms with van der Waals surface area (Å²) in [4.78, 5) is 11.8. The van der Waals surface area contributed by atoms with Gasteiger partial charge in [-0.15, -0.1) is 0 Å². The van der Waals surface area contributed by atoms with E-state index in [1.807, 2.05) is 19.9 Å². The fraction of sp³-hybridized carbons (Fsp3) is 0.417. The molecular formula is C12H18N2O2. The summed E-state index contributed by atoms with van der Waals surface area (Å²) < 4.78 is 0. The van der Waals surface area contributed by atoms with Crippen LogP contribution in [0.1, 0.15) is 29.3 Å². The molecule has 0 aromatic heterocycles. The van der Waals surface area contributed by atoms with Crippen LogP contribution in [0, 0.1) is 6.92 Å². The highest BCUT2D eigenvalue weighted by molar-refractivity contribution is 5.99. The van der Waals surface area contributed by atoms with Gasteiger partial charge in [0.05, 0.1) is 5.56 Å². The summed E-state index contributed by atoms with van der Waals surface area (Å²) in [6, 6.07) is 5.31. The van der Waals surface area contributed by atoms with Gasteiger partial charge in [-0.1, -0.05) is 12.1 Å². The van der Waals surface area contributed by atoms with Crippen molar-refractivity contribution in [3.05, 3.63) is 29.3 Å². The van der Waals surface area contributed by atoms with Crippen LogP contribution in [0.5, 0.6) is 0 Å². The molecule has 88 valence electrons. The van der Waals surface area contributed by atoms with E-state index in [9.17, 15) is 4.79 Å². The number of amides is 1. The van der Waals surface area contributed by atoms with Gasteiger partial charge in [0.15, 0.2) is 0 Å². The van der Waals surface area contributed by atoms with Crippen LogP contribution in [0.2, 0.25) is 0 Å². The van der Waals surface area contributed by atoms with E-state index in [0.717, 1.165) is 5.56 Å². The van der Waals surface area contributed by atoms with Gasteiger partial charge in [0, 0.05) is 18.3 Å². The van der Waals surface area contributed by atoms with E-state index in [4.69, 9.17) is 10.8 Å². The normalized spacial score (nSPS) is 12.2. The molecule has 0 aliphatic carbocycles. The molecule has 0 saturated carbocycles. The number of anilines is 1. The number of aliphatic hydroxyl groups is 1. The average Bonchev–Trinajstić information content (AvgIpc) is 2.22. The first-order chi connectivity index (χ1) is 7.56. The van der Waals surface area contributed by atoms with Crippen LogP contribution in [0.3, 0.4) is 0 Å². The molecule has 0 heterocycles. The van der Waals surface area contributed by atoms with Crippen LogP contribution in [0.25, 0.3) is 0 Å². The summed E-state index contributed by atoms with van der Waals surface area (Å²) in [6.45, 7) is 3.77. The second-order valence-electron chi connectivity index (χ2n) is 3.92. The molecular weight excluding hydrogens is 204 g/mol. The summed E-state index contributed by atoms with van der Waals surface area (Å²) in [7, 11) is 0.